The molecule has 1 aliphatic carbocycles. The average Bonchev–Trinajstić information content (AvgIpc) is 3.04. The molecule has 0 aliphatic heterocycles. The normalized spacial score (nSPS) is 16.3. The molecule has 4 heteroatoms. The molecule has 0 amide bonds. The Kier molecular flexibility index (Phi) is 3.52. The lowest BCUT2D eigenvalue weighted by atomic mass is 10.2. The predicted octanol–water partition coefficient (Wildman–Crippen LogP) is 2.87. The second-order valence-electron chi connectivity index (χ2n) is 4.45. The molecule has 1 aromatic rings. The number of allylic oxidation sites excluding steroid dienone is 1. The fourth-order valence-corrected chi connectivity index (χ4v) is 3.20. The Labute approximate surface area is 103 Å². The number of hydrogen-bond acceptors (Lipinski definition) is 2. The van der Waals surface area contributed by atoms with Crippen LogP contribution < -0.4 is 4.72 Å². The maximum absolute atomic E-state index is 11.7. The largest absolute Gasteiger partial charge is 0.284 e. The van der Waals surface area contributed by atoms with Gasteiger partial charge in [0, 0.05) is 5.69 Å². The van der Waals surface area contributed by atoms with Crippen molar-refractivity contribution in [1.82, 2.24) is 0 Å². The standard InChI is InChI=1S/C13H17NO2S/c1-2-3-11-6-8-13(9-7-11)14-17(15,16)10-12-4-5-12/h2-3,6-9,12,14H,4-5,10H2,1H3/b3-2+. The molecule has 0 saturated heterocycles. The van der Waals surface area contributed by atoms with E-state index in [9.17, 15) is 8.42 Å². The molecule has 0 bridgehead atoms. The average molecular weight is 251 g/mol. The summed E-state index contributed by atoms with van der Waals surface area (Å²) in [5.41, 5.74) is 1.71. The van der Waals surface area contributed by atoms with Gasteiger partial charge < -0.3 is 0 Å². The molecule has 1 saturated carbocycles. The van der Waals surface area contributed by atoms with Crippen molar-refractivity contribution in [3.63, 3.8) is 0 Å². The molecule has 1 aromatic carbocycles. The molecule has 0 heterocycles. The second kappa shape index (κ2) is 4.92. The molecule has 17 heavy (non-hydrogen) atoms. The second-order valence-corrected chi connectivity index (χ2v) is 6.22. The van der Waals surface area contributed by atoms with E-state index in [1.54, 1.807) is 12.1 Å². The molecule has 2 rings (SSSR count). The van der Waals surface area contributed by atoms with Crippen LogP contribution in [0.2, 0.25) is 0 Å². The van der Waals surface area contributed by atoms with Gasteiger partial charge in [0.05, 0.1) is 5.75 Å². The Morgan fingerprint density at radius 1 is 1.29 bits per heavy atom. The molecular weight excluding hydrogens is 234 g/mol. The minimum atomic E-state index is -3.16. The van der Waals surface area contributed by atoms with Crippen molar-refractivity contribution in [3.05, 3.63) is 35.9 Å². The highest BCUT2D eigenvalue weighted by Crippen LogP contribution is 2.30. The van der Waals surface area contributed by atoms with Gasteiger partial charge in [-0.1, -0.05) is 24.3 Å². The van der Waals surface area contributed by atoms with Crippen molar-refractivity contribution in [1.29, 1.82) is 0 Å². The molecule has 92 valence electrons. The van der Waals surface area contributed by atoms with Crippen LogP contribution in [0.1, 0.15) is 25.3 Å². The minimum Gasteiger partial charge on any atom is -0.284 e. The van der Waals surface area contributed by atoms with E-state index in [1.807, 2.05) is 31.2 Å². The maximum Gasteiger partial charge on any atom is 0.232 e. The maximum atomic E-state index is 11.7. The van der Waals surface area contributed by atoms with Gasteiger partial charge in [0.25, 0.3) is 0 Å². The monoisotopic (exact) mass is 251 g/mol. The first-order chi connectivity index (χ1) is 8.09. The lowest BCUT2D eigenvalue weighted by Crippen LogP contribution is -2.17. The fourth-order valence-electron chi connectivity index (χ4n) is 1.67. The van der Waals surface area contributed by atoms with Gasteiger partial charge in [-0.3, -0.25) is 4.72 Å². The molecule has 0 atom stereocenters. The minimum absolute atomic E-state index is 0.254. The fraction of sp³-hybridized carbons (Fsp3) is 0.385. The molecule has 1 N–H and O–H groups in total. The van der Waals surface area contributed by atoms with Gasteiger partial charge in [-0.05, 0) is 43.4 Å². The van der Waals surface area contributed by atoms with Gasteiger partial charge in [-0.25, -0.2) is 8.42 Å². The first-order valence-electron chi connectivity index (χ1n) is 5.82. The van der Waals surface area contributed by atoms with E-state index >= 15 is 0 Å². The number of hydrogen-bond donors (Lipinski definition) is 1. The van der Waals surface area contributed by atoms with E-state index in [1.165, 1.54) is 0 Å². The Morgan fingerprint density at radius 3 is 2.47 bits per heavy atom. The quantitative estimate of drug-likeness (QED) is 0.874. The van der Waals surface area contributed by atoms with Crippen LogP contribution in [0.5, 0.6) is 0 Å². The summed E-state index contributed by atoms with van der Waals surface area (Å²) in [6.45, 7) is 1.95. The van der Waals surface area contributed by atoms with Crippen molar-refractivity contribution in [3.8, 4) is 0 Å². The summed E-state index contributed by atoms with van der Waals surface area (Å²) in [4.78, 5) is 0. The Morgan fingerprint density at radius 2 is 1.94 bits per heavy atom. The number of sulfonamides is 1. The zero-order chi connectivity index (χ0) is 12.3. The summed E-state index contributed by atoms with van der Waals surface area (Å²) in [7, 11) is -3.16. The van der Waals surface area contributed by atoms with Crippen molar-refractivity contribution in [2.75, 3.05) is 10.5 Å². The van der Waals surface area contributed by atoms with Crippen LogP contribution in [0.4, 0.5) is 5.69 Å². The van der Waals surface area contributed by atoms with Gasteiger partial charge in [0.2, 0.25) is 10.0 Å². The lowest BCUT2D eigenvalue weighted by molar-refractivity contribution is 0.597. The summed E-state index contributed by atoms with van der Waals surface area (Å²) >= 11 is 0. The van der Waals surface area contributed by atoms with Crippen LogP contribution in [0.3, 0.4) is 0 Å². The van der Waals surface area contributed by atoms with Crippen LogP contribution >= 0.6 is 0 Å². The zero-order valence-electron chi connectivity index (χ0n) is 9.89. The van der Waals surface area contributed by atoms with E-state index in [0.717, 1.165) is 18.4 Å². The number of rotatable bonds is 5. The Balaban J connectivity index is 2.02. The topological polar surface area (TPSA) is 46.2 Å². The molecule has 0 spiro atoms. The number of benzene rings is 1. The third-order valence-electron chi connectivity index (χ3n) is 2.70. The van der Waals surface area contributed by atoms with Crippen LogP contribution in [0, 0.1) is 5.92 Å². The first kappa shape index (κ1) is 12.2. The molecule has 3 nitrogen and oxygen atoms in total. The highest BCUT2D eigenvalue weighted by molar-refractivity contribution is 7.92. The molecule has 0 radical (unpaired) electrons. The molecule has 0 aromatic heterocycles. The summed E-state index contributed by atoms with van der Waals surface area (Å²) in [6.07, 6.45) is 6.01. The van der Waals surface area contributed by atoms with Gasteiger partial charge in [-0.2, -0.15) is 0 Å². The van der Waals surface area contributed by atoms with Crippen LogP contribution in [0.15, 0.2) is 30.3 Å². The summed E-state index contributed by atoms with van der Waals surface area (Å²) in [6, 6.07) is 7.38. The summed E-state index contributed by atoms with van der Waals surface area (Å²) in [5.74, 6) is 0.624. The Bertz CT molecular complexity index is 499. The summed E-state index contributed by atoms with van der Waals surface area (Å²) < 4.78 is 26.1. The first-order valence-corrected chi connectivity index (χ1v) is 7.47. The van der Waals surface area contributed by atoms with E-state index in [-0.39, 0.29) is 5.75 Å². The van der Waals surface area contributed by atoms with E-state index < -0.39 is 10.0 Å². The molecule has 1 fully saturated rings. The lowest BCUT2D eigenvalue weighted by Gasteiger charge is -2.07. The van der Waals surface area contributed by atoms with Gasteiger partial charge >= 0.3 is 0 Å². The smallest absolute Gasteiger partial charge is 0.232 e. The van der Waals surface area contributed by atoms with E-state index in [0.29, 0.717) is 11.6 Å². The molecule has 1 aliphatic rings. The third kappa shape index (κ3) is 3.89. The highest BCUT2D eigenvalue weighted by atomic mass is 32.2. The van der Waals surface area contributed by atoms with Crippen molar-refractivity contribution >= 4 is 21.8 Å². The molecular formula is C13H17NO2S. The van der Waals surface area contributed by atoms with Crippen LogP contribution in [-0.2, 0) is 10.0 Å². The van der Waals surface area contributed by atoms with Crippen molar-refractivity contribution in [2.45, 2.75) is 19.8 Å². The molecule has 0 unspecified atom stereocenters. The van der Waals surface area contributed by atoms with E-state index in [4.69, 9.17) is 0 Å². The van der Waals surface area contributed by atoms with Gasteiger partial charge in [0.1, 0.15) is 0 Å². The third-order valence-corrected chi connectivity index (χ3v) is 4.15. The van der Waals surface area contributed by atoms with Crippen LogP contribution in [-0.4, -0.2) is 14.2 Å². The SMILES string of the molecule is C/C=C/c1ccc(NS(=O)(=O)CC2CC2)cc1. The zero-order valence-corrected chi connectivity index (χ0v) is 10.7. The van der Waals surface area contributed by atoms with Crippen molar-refractivity contribution in [2.24, 2.45) is 5.92 Å². The number of nitrogens with one attached hydrogen (secondary N) is 1. The number of anilines is 1. The van der Waals surface area contributed by atoms with Crippen LogP contribution in [0.25, 0.3) is 6.08 Å². The van der Waals surface area contributed by atoms with E-state index in [2.05, 4.69) is 4.72 Å². The Hall–Kier alpha value is -1.29. The highest BCUT2D eigenvalue weighted by Gasteiger charge is 2.27. The summed E-state index contributed by atoms with van der Waals surface area (Å²) in [5, 5.41) is 0. The predicted molar refractivity (Wildman–Crippen MR) is 71.3 cm³/mol. The van der Waals surface area contributed by atoms with Crippen molar-refractivity contribution < 1.29 is 8.42 Å². The van der Waals surface area contributed by atoms with Gasteiger partial charge in [-0.15, -0.1) is 0 Å². The van der Waals surface area contributed by atoms with Gasteiger partial charge in [0.15, 0.2) is 0 Å².